The number of rotatable bonds is 4. The van der Waals surface area contributed by atoms with E-state index >= 15 is 0 Å². The Hall–Kier alpha value is -2.60. The van der Waals surface area contributed by atoms with Crippen LogP contribution in [0.1, 0.15) is 11.1 Å². The molecule has 0 heterocycles. The van der Waals surface area contributed by atoms with Gasteiger partial charge in [0.2, 0.25) is 0 Å². The van der Waals surface area contributed by atoms with Crippen molar-refractivity contribution in [3.05, 3.63) is 83.9 Å². The van der Waals surface area contributed by atoms with Crippen molar-refractivity contribution in [1.82, 2.24) is 0 Å². The van der Waals surface area contributed by atoms with Gasteiger partial charge in [-0.2, -0.15) is 0 Å². The molecule has 0 N–H and O–H groups in total. The third-order valence-electron chi connectivity index (χ3n) is 2.42. The zero-order chi connectivity index (χ0) is 16.2. The molecule has 0 radical (unpaired) electrons. The van der Waals surface area contributed by atoms with Gasteiger partial charge in [-0.05, 0) is 23.3 Å². The Morgan fingerprint density at radius 2 is 0.957 bits per heavy atom. The van der Waals surface area contributed by atoms with E-state index in [0.717, 1.165) is 23.3 Å². The average molecular weight is 369 g/mol. The van der Waals surface area contributed by atoms with E-state index in [-0.39, 0.29) is 17.6 Å². The third kappa shape index (κ3) is 10.7. The van der Waals surface area contributed by atoms with Crippen LogP contribution in [0, 0.1) is 0 Å². The maximum absolute atomic E-state index is 9.97. The SMILES string of the molecule is O=C([O-])C=Cc1ccccc1.O=C([O-])C=Cc1ccccc1.[GeH2+2]. The van der Waals surface area contributed by atoms with E-state index in [4.69, 9.17) is 0 Å². The molecule has 0 amide bonds. The number of hydrogen-bond donors (Lipinski definition) is 0. The zero-order valence-electron chi connectivity index (χ0n) is 12.4. The van der Waals surface area contributed by atoms with E-state index in [1.807, 2.05) is 60.7 Å². The molecule has 0 aliphatic rings. The first-order valence-electron chi connectivity index (χ1n) is 6.46. The van der Waals surface area contributed by atoms with Crippen molar-refractivity contribution in [3.8, 4) is 0 Å². The Balaban J connectivity index is 0.000000403. The van der Waals surface area contributed by atoms with Crippen LogP contribution < -0.4 is 10.2 Å². The molecule has 4 nitrogen and oxygen atoms in total. The topological polar surface area (TPSA) is 80.3 Å². The normalized spacial score (nSPS) is 9.74. The molecule has 0 aromatic heterocycles. The van der Waals surface area contributed by atoms with Crippen molar-refractivity contribution in [2.45, 2.75) is 0 Å². The fraction of sp³-hybridized carbons (Fsp3) is 0. The summed E-state index contributed by atoms with van der Waals surface area (Å²) >= 11 is 0. The molecule has 0 spiro atoms. The summed E-state index contributed by atoms with van der Waals surface area (Å²) in [6, 6.07) is 18.4. The quantitative estimate of drug-likeness (QED) is 0.561. The summed E-state index contributed by atoms with van der Waals surface area (Å²) in [6.07, 6.45) is 5.01. The molecule has 0 saturated carbocycles. The summed E-state index contributed by atoms with van der Waals surface area (Å²) in [7, 11) is 0. The van der Waals surface area contributed by atoms with Crippen LogP contribution in [0.3, 0.4) is 0 Å². The van der Waals surface area contributed by atoms with Gasteiger partial charge < -0.3 is 19.8 Å². The second-order valence-corrected chi connectivity index (χ2v) is 4.13. The van der Waals surface area contributed by atoms with Crippen molar-refractivity contribution in [2.75, 3.05) is 0 Å². The first-order valence-corrected chi connectivity index (χ1v) is 6.46. The van der Waals surface area contributed by atoms with Crippen molar-refractivity contribution in [2.24, 2.45) is 0 Å². The fourth-order valence-electron chi connectivity index (χ4n) is 1.46. The van der Waals surface area contributed by atoms with Gasteiger partial charge in [-0.3, -0.25) is 0 Å². The van der Waals surface area contributed by atoms with E-state index in [1.54, 1.807) is 0 Å². The van der Waals surface area contributed by atoms with Gasteiger partial charge in [0.05, 0.1) is 11.9 Å². The minimum atomic E-state index is -1.17. The van der Waals surface area contributed by atoms with Crippen molar-refractivity contribution >= 4 is 41.7 Å². The van der Waals surface area contributed by atoms with Gasteiger partial charge in [0, 0.05) is 0 Å². The van der Waals surface area contributed by atoms with Crippen molar-refractivity contribution in [3.63, 3.8) is 0 Å². The molecule has 116 valence electrons. The summed E-state index contributed by atoms with van der Waals surface area (Å²) in [5.41, 5.74) is 1.72. The summed E-state index contributed by atoms with van der Waals surface area (Å²) in [5, 5.41) is 19.9. The van der Waals surface area contributed by atoms with Gasteiger partial charge in [-0.1, -0.05) is 72.8 Å². The van der Waals surface area contributed by atoms with E-state index in [2.05, 4.69) is 0 Å². The molecule has 0 fully saturated rings. The van der Waals surface area contributed by atoms with Crippen LogP contribution in [0.5, 0.6) is 0 Å². The minimum absolute atomic E-state index is 0. The van der Waals surface area contributed by atoms with Crippen LogP contribution in [0.25, 0.3) is 12.2 Å². The summed E-state index contributed by atoms with van der Waals surface area (Å²) < 4.78 is 0. The van der Waals surface area contributed by atoms with Gasteiger partial charge in [-0.15, -0.1) is 0 Å². The summed E-state index contributed by atoms with van der Waals surface area (Å²) in [5.74, 6) is -2.34. The molecular formula is C18H16GeO4. The molecule has 0 unspecified atom stereocenters. The second kappa shape index (κ2) is 12.0. The van der Waals surface area contributed by atoms with Gasteiger partial charge in [0.15, 0.2) is 0 Å². The number of carbonyl (C=O) groups excluding carboxylic acids is 2. The number of carbonyl (C=O) groups is 2. The van der Waals surface area contributed by atoms with E-state index in [1.165, 1.54) is 12.2 Å². The molecule has 2 aromatic rings. The number of aliphatic carboxylic acids is 2. The van der Waals surface area contributed by atoms with Crippen molar-refractivity contribution < 1.29 is 19.8 Å². The second-order valence-electron chi connectivity index (χ2n) is 4.13. The molecule has 0 bridgehead atoms. The maximum atomic E-state index is 9.97. The van der Waals surface area contributed by atoms with E-state index < -0.39 is 11.9 Å². The van der Waals surface area contributed by atoms with Gasteiger partial charge >= 0.3 is 17.6 Å². The van der Waals surface area contributed by atoms with Crippen LogP contribution in [0.15, 0.2) is 72.8 Å². The number of carboxylic acid groups (broad SMARTS) is 2. The molecule has 2 rings (SSSR count). The fourth-order valence-corrected chi connectivity index (χ4v) is 1.46. The van der Waals surface area contributed by atoms with Gasteiger partial charge in [0.1, 0.15) is 0 Å². The van der Waals surface area contributed by atoms with Gasteiger partial charge in [-0.25, -0.2) is 0 Å². The Labute approximate surface area is 145 Å². The predicted molar refractivity (Wildman–Crippen MR) is 89.5 cm³/mol. The number of carboxylic acids is 2. The van der Waals surface area contributed by atoms with Crippen LogP contribution in [0.4, 0.5) is 0 Å². The Bertz CT molecular complexity index is 590. The average Bonchev–Trinajstić information content (AvgIpc) is 2.53. The van der Waals surface area contributed by atoms with E-state index in [9.17, 15) is 19.8 Å². The molecule has 0 saturated heterocycles. The summed E-state index contributed by atoms with van der Waals surface area (Å²) in [4.78, 5) is 19.9. The van der Waals surface area contributed by atoms with E-state index in [0.29, 0.717) is 0 Å². The van der Waals surface area contributed by atoms with Crippen LogP contribution in [0.2, 0.25) is 0 Å². The molecule has 5 heteroatoms. The first kappa shape index (κ1) is 20.4. The molecule has 0 aliphatic heterocycles. The monoisotopic (exact) mass is 370 g/mol. The Morgan fingerprint density at radius 1 is 0.652 bits per heavy atom. The Morgan fingerprint density at radius 3 is 1.22 bits per heavy atom. The predicted octanol–water partition coefficient (Wildman–Crippen LogP) is -0.0168. The Kier molecular flexibility index (Phi) is 10.6. The van der Waals surface area contributed by atoms with Crippen molar-refractivity contribution in [1.29, 1.82) is 0 Å². The van der Waals surface area contributed by atoms with Crippen LogP contribution in [-0.2, 0) is 9.59 Å². The molecule has 0 aliphatic carbocycles. The summed E-state index contributed by atoms with van der Waals surface area (Å²) in [6.45, 7) is 0. The zero-order valence-corrected chi connectivity index (χ0v) is 15.4. The molecule has 0 atom stereocenters. The third-order valence-corrected chi connectivity index (χ3v) is 2.42. The molecule has 2 aromatic carbocycles. The molecular weight excluding hydrogens is 353 g/mol. The first-order chi connectivity index (χ1) is 10.6. The van der Waals surface area contributed by atoms with Crippen LogP contribution >= 0.6 is 0 Å². The van der Waals surface area contributed by atoms with Crippen LogP contribution in [-0.4, -0.2) is 29.5 Å². The number of benzene rings is 2. The number of hydrogen-bond acceptors (Lipinski definition) is 4. The van der Waals surface area contributed by atoms with Gasteiger partial charge in [0.25, 0.3) is 0 Å². The molecule has 23 heavy (non-hydrogen) atoms. The standard InChI is InChI=1S/2C9H8O2.GeH2/c2*10-9(11)7-6-8-4-2-1-3-5-8;/h2*1-7H,(H,10,11);1H2/q;;+2/p-2.